The number of phenolic OH excluding ortho intramolecular Hbond substituents is 4. The Morgan fingerprint density at radius 1 is 0.395 bits per heavy atom. The quantitative estimate of drug-likeness (QED) is 0.197. The summed E-state index contributed by atoms with van der Waals surface area (Å²) < 4.78 is 0. The zero-order valence-corrected chi connectivity index (χ0v) is 21.0. The average Bonchev–Trinajstić information content (AvgIpc) is 2.92. The summed E-state index contributed by atoms with van der Waals surface area (Å²) in [4.78, 5) is 0. The van der Waals surface area contributed by atoms with Gasteiger partial charge in [0.25, 0.3) is 0 Å². The van der Waals surface area contributed by atoms with Crippen molar-refractivity contribution in [2.24, 2.45) is 0 Å². The van der Waals surface area contributed by atoms with Crippen molar-refractivity contribution in [1.29, 1.82) is 0 Å². The summed E-state index contributed by atoms with van der Waals surface area (Å²) in [6.07, 6.45) is 0. The van der Waals surface area contributed by atoms with Gasteiger partial charge in [0, 0.05) is 33.4 Å². The standard InChI is InChI=1S/C34H26O4/c1-19-9-7-15-25(31(19)35)27-17-21-11-3-5-13-23(21)29(33(27)37)30-24-14-6-4-12-22(24)18-28(34(30)38)26-16-8-10-20(2)32(26)36/h3-18,35-38H,1-2H3. The molecule has 0 aliphatic rings. The van der Waals surface area contributed by atoms with E-state index in [0.717, 1.165) is 21.5 Å². The second kappa shape index (κ2) is 8.86. The van der Waals surface area contributed by atoms with Gasteiger partial charge >= 0.3 is 0 Å². The molecule has 0 aromatic heterocycles. The first-order chi connectivity index (χ1) is 18.4. The Hall–Kier alpha value is -4.96. The molecular formula is C34H26O4. The highest BCUT2D eigenvalue weighted by molar-refractivity contribution is 6.14. The number of aryl methyl sites for hydroxylation is 2. The Bertz CT molecular complexity index is 1750. The largest absolute Gasteiger partial charge is 0.507 e. The molecule has 0 aliphatic heterocycles. The fourth-order valence-corrected chi connectivity index (χ4v) is 5.34. The maximum Gasteiger partial charge on any atom is 0.132 e. The summed E-state index contributed by atoms with van der Waals surface area (Å²) in [6.45, 7) is 3.63. The monoisotopic (exact) mass is 498 g/mol. The minimum Gasteiger partial charge on any atom is -0.507 e. The van der Waals surface area contributed by atoms with Crippen LogP contribution in [0.4, 0.5) is 0 Å². The zero-order valence-electron chi connectivity index (χ0n) is 21.0. The van der Waals surface area contributed by atoms with Crippen molar-refractivity contribution in [3.63, 3.8) is 0 Å². The van der Waals surface area contributed by atoms with Gasteiger partial charge in [-0.05, 0) is 58.7 Å². The predicted molar refractivity (Wildman–Crippen MR) is 154 cm³/mol. The van der Waals surface area contributed by atoms with Gasteiger partial charge in [0.15, 0.2) is 0 Å². The van der Waals surface area contributed by atoms with Crippen LogP contribution < -0.4 is 0 Å². The van der Waals surface area contributed by atoms with E-state index in [2.05, 4.69) is 0 Å². The zero-order chi connectivity index (χ0) is 26.6. The van der Waals surface area contributed by atoms with Crippen molar-refractivity contribution in [3.05, 3.63) is 108 Å². The number of rotatable bonds is 3. The van der Waals surface area contributed by atoms with E-state index >= 15 is 0 Å². The lowest BCUT2D eigenvalue weighted by atomic mass is 9.86. The fourth-order valence-electron chi connectivity index (χ4n) is 5.34. The van der Waals surface area contributed by atoms with Crippen molar-refractivity contribution >= 4 is 21.5 Å². The SMILES string of the molecule is Cc1cccc(-c2cc3ccccc3c(-c3c(O)c(-c4cccc(C)c4O)cc4ccccc34)c2O)c1O. The summed E-state index contributed by atoms with van der Waals surface area (Å²) in [5.74, 6) is 0.0967. The number of hydrogen-bond donors (Lipinski definition) is 4. The van der Waals surface area contributed by atoms with Gasteiger partial charge in [0.05, 0.1) is 0 Å². The van der Waals surface area contributed by atoms with E-state index in [1.807, 2.05) is 98.8 Å². The van der Waals surface area contributed by atoms with E-state index in [1.165, 1.54) is 0 Å². The lowest BCUT2D eigenvalue weighted by Crippen LogP contribution is -1.93. The third kappa shape index (κ3) is 3.53. The molecular weight excluding hydrogens is 472 g/mol. The van der Waals surface area contributed by atoms with Gasteiger partial charge in [0.2, 0.25) is 0 Å². The minimum atomic E-state index is -0.0457. The highest BCUT2D eigenvalue weighted by Crippen LogP contribution is 2.53. The van der Waals surface area contributed by atoms with Crippen molar-refractivity contribution in [2.45, 2.75) is 13.8 Å². The van der Waals surface area contributed by atoms with E-state index in [-0.39, 0.29) is 23.0 Å². The van der Waals surface area contributed by atoms with Crippen molar-refractivity contribution < 1.29 is 20.4 Å². The molecule has 0 unspecified atom stereocenters. The van der Waals surface area contributed by atoms with Crippen molar-refractivity contribution in [2.75, 3.05) is 0 Å². The van der Waals surface area contributed by atoms with Crippen LogP contribution in [0.5, 0.6) is 23.0 Å². The maximum absolute atomic E-state index is 11.9. The van der Waals surface area contributed by atoms with Crippen LogP contribution in [-0.4, -0.2) is 20.4 Å². The Morgan fingerprint density at radius 3 is 1.21 bits per heavy atom. The van der Waals surface area contributed by atoms with E-state index in [0.29, 0.717) is 44.5 Å². The predicted octanol–water partition coefficient (Wildman–Crippen LogP) is 8.43. The summed E-state index contributed by atoms with van der Waals surface area (Å²) in [5, 5.41) is 48.8. The first-order valence-electron chi connectivity index (χ1n) is 12.4. The Labute approximate surface area is 220 Å². The van der Waals surface area contributed by atoms with Crippen LogP contribution in [0.2, 0.25) is 0 Å². The second-order valence-electron chi connectivity index (χ2n) is 9.68. The van der Waals surface area contributed by atoms with Crippen LogP contribution in [0.15, 0.2) is 97.1 Å². The summed E-state index contributed by atoms with van der Waals surface area (Å²) in [6, 6.07) is 29.9. The molecule has 38 heavy (non-hydrogen) atoms. The molecule has 0 saturated carbocycles. The van der Waals surface area contributed by atoms with Gasteiger partial charge in [-0.1, -0.05) is 84.9 Å². The molecule has 4 N–H and O–H groups in total. The number of aromatic hydroxyl groups is 4. The van der Waals surface area contributed by atoms with Gasteiger partial charge in [-0.25, -0.2) is 0 Å². The lowest BCUT2D eigenvalue weighted by Gasteiger charge is -2.20. The van der Waals surface area contributed by atoms with Crippen LogP contribution >= 0.6 is 0 Å². The van der Waals surface area contributed by atoms with E-state index in [4.69, 9.17) is 0 Å². The Balaban J connectivity index is 1.79. The average molecular weight is 499 g/mol. The number of fused-ring (bicyclic) bond motifs is 2. The van der Waals surface area contributed by atoms with Gasteiger partial charge < -0.3 is 20.4 Å². The first-order valence-corrected chi connectivity index (χ1v) is 12.4. The highest BCUT2D eigenvalue weighted by atomic mass is 16.3. The van der Waals surface area contributed by atoms with Crippen LogP contribution in [0.1, 0.15) is 11.1 Å². The minimum absolute atomic E-state index is 0.0457. The molecule has 4 heteroatoms. The molecule has 186 valence electrons. The summed E-state index contributed by atoms with van der Waals surface area (Å²) in [5.41, 5.74) is 4.25. The van der Waals surface area contributed by atoms with Gasteiger partial charge in [-0.3, -0.25) is 0 Å². The van der Waals surface area contributed by atoms with E-state index in [9.17, 15) is 20.4 Å². The molecule has 6 aromatic carbocycles. The smallest absolute Gasteiger partial charge is 0.132 e. The van der Waals surface area contributed by atoms with Crippen LogP contribution in [-0.2, 0) is 0 Å². The third-order valence-corrected chi connectivity index (χ3v) is 7.35. The van der Waals surface area contributed by atoms with Crippen molar-refractivity contribution in [3.8, 4) is 56.4 Å². The molecule has 0 amide bonds. The Kier molecular flexibility index (Phi) is 5.46. The summed E-state index contributed by atoms with van der Waals surface area (Å²) in [7, 11) is 0. The van der Waals surface area contributed by atoms with E-state index < -0.39 is 0 Å². The third-order valence-electron chi connectivity index (χ3n) is 7.35. The topological polar surface area (TPSA) is 80.9 Å². The number of hydrogen-bond acceptors (Lipinski definition) is 4. The van der Waals surface area contributed by atoms with Crippen LogP contribution in [0.3, 0.4) is 0 Å². The molecule has 0 spiro atoms. The molecule has 0 bridgehead atoms. The molecule has 6 rings (SSSR count). The molecule has 0 heterocycles. The van der Waals surface area contributed by atoms with Gasteiger partial charge in [-0.15, -0.1) is 0 Å². The molecule has 0 saturated heterocycles. The lowest BCUT2D eigenvalue weighted by molar-refractivity contribution is 0.465. The van der Waals surface area contributed by atoms with Crippen LogP contribution in [0, 0.1) is 13.8 Å². The highest BCUT2D eigenvalue weighted by Gasteiger charge is 2.24. The normalized spacial score (nSPS) is 11.3. The van der Waals surface area contributed by atoms with Crippen LogP contribution in [0.25, 0.3) is 54.9 Å². The number of para-hydroxylation sites is 2. The van der Waals surface area contributed by atoms with Crippen molar-refractivity contribution in [1.82, 2.24) is 0 Å². The maximum atomic E-state index is 11.9. The molecule has 4 nitrogen and oxygen atoms in total. The molecule has 0 fully saturated rings. The Morgan fingerprint density at radius 2 is 0.789 bits per heavy atom. The fraction of sp³-hybridized carbons (Fsp3) is 0.0588. The number of benzene rings is 6. The molecule has 0 atom stereocenters. The first kappa shape index (κ1) is 23.4. The molecule has 0 radical (unpaired) electrons. The number of phenols is 4. The molecule has 6 aromatic rings. The second-order valence-corrected chi connectivity index (χ2v) is 9.68. The molecule has 0 aliphatic carbocycles. The van der Waals surface area contributed by atoms with E-state index in [1.54, 1.807) is 12.1 Å². The van der Waals surface area contributed by atoms with Gasteiger partial charge in [0.1, 0.15) is 23.0 Å². The summed E-state index contributed by atoms with van der Waals surface area (Å²) >= 11 is 0. The van der Waals surface area contributed by atoms with Gasteiger partial charge in [-0.2, -0.15) is 0 Å².